The topological polar surface area (TPSA) is 34.9 Å². The van der Waals surface area contributed by atoms with Crippen LogP contribution < -0.4 is 5.56 Å². The molecule has 0 N–H and O–H groups in total. The predicted molar refractivity (Wildman–Crippen MR) is 84.4 cm³/mol. The fourth-order valence-electron chi connectivity index (χ4n) is 2.10. The van der Waals surface area contributed by atoms with Gasteiger partial charge in [0.2, 0.25) is 0 Å². The van der Waals surface area contributed by atoms with E-state index in [1.807, 2.05) is 12.1 Å². The number of benzene rings is 2. The number of hydrogen-bond donors (Lipinski definition) is 0. The molecule has 0 atom stereocenters. The summed E-state index contributed by atoms with van der Waals surface area (Å²) in [5.74, 6) is -0.307. The Morgan fingerprint density at radius 2 is 1.64 bits per heavy atom. The molecule has 3 rings (SSSR count). The average Bonchev–Trinajstić information content (AvgIpc) is 2.52. The number of hydrogen-bond acceptors (Lipinski definition) is 2. The van der Waals surface area contributed by atoms with E-state index in [0.717, 1.165) is 11.1 Å². The van der Waals surface area contributed by atoms with E-state index in [1.54, 1.807) is 30.3 Å². The Balaban J connectivity index is 1.94. The summed E-state index contributed by atoms with van der Waals surface area (Å²) in [6.07, 6.45) is 0. The third kappa shape index (κ3) is 3.23. The van der Waals surface area contributed by atoms with E-state index in [-0.39, 0.29) is 11.4 Å². The van der Waals surface area contributed by atoms with Crippen LogP contribution in [0.2, 0.25) is 5.02 Å². The molecule has 0 radical (unpaired) electrons. The van der Waals surface area contributed by atoms with Gasteiger partial charge in [-0.05, 0) is 35.9 Å². The molecule has 0 saturated heterocycles. The van der Waals surface area contributed by atoms with E-state index in [4.69, 9.17) is 11.6 Å². The Morgan fingerprint density at radius 1 is 0.955 bits per heavy atom. The summed E-state index contributed by atoms with van der Waals surface area (Å²) in [6, 6.07) is 16.4. The van der Waals surface area contributed by atoms with Gasteiger partial charge >= 0.3 is 0 Å². The minimum Gasteiger partial charge on any atom is -0.268 e. The van der Waals surface area contributed by atoms with Gasteiger partial charge in [-0.3, -0.25) is 4.79 Å². The first-order chi connectivity index (χ1) is 10.6. The Bertz CT molecular complexity index is 842. The molecule has 0 fully saturated rings. The van der Waals surface area contributed by atoms with Gasteiger partial charge in [0.25, 0.3) is 5.56 Å². The van der Waals surface area contributed by atoms with Gasteiger partial charge in [0, 0.05) is 16.7 Å². The molecule has 1 heterocycles. The number of aromatic nitrogens is 2. The Kier molecular flexibility index (Phi) is 4.02. The highest BCUT2D eigenvalue weighted by Gasteiger charge is 2.04. The quantitative estimate of drug-likeness (QED) is 0.738. The van der Waals surface area contributed by atoms with Gasteiger partial charge < -0.3 is 0 Å². The first kappa shape index (κ1) is 14.5. The molecule has 0 bridgehead atoms. The second-order valence-corrected chi connectivity index (χ2v) is 5.28. The molecular formula is C17H12ClFN2O. The predicted octanol–water partition coefficient (Wildman–Crippen LogP) is 3.75. The van der Waals surface area contributed by atoms with Gasteiger partial charge in [-0.2, -0.15) is 5.10 Å². The van der Waals surface area contributed by atoms with Crippen LogP contribution in [-0.4, -0.2) is 9.78 Å². The van der Waals surface area contributed by atoms with Crippen molar-refractivity contribution < 1.29 is 4.39 Å². The molecular weight excluding hydrogens is 303 g/mol. The number of halogens is 2. The molecule has 3 aromatic rings. The van der Waals surface area contributed by atoms with Gasteiger partial charge in [-0.25, -0.2) is 9.07 Å². The molecule has 0 aliphatic rings. The summed E-state index contributed by atoms with van der Waals surface area (Å²) in [7, 11) is 0. The maximum absolute atomic E-state index is 12.9. The second-order valence-electron chi connectivity index (χ2n) is 4.85. The van der Waals surface area contributed by atoms with Crippen LogP contribution in [0.15, 0.2) is 65.5 Å². The zero-order chi connectivity index (χ0) is 15.5. The van der Waals surface area contributed by atoms with Gasteiger partial charge in [0.1, 0.15) is 5.82 Å². The van der Waals surface area contributed by atoms with Crippen molar-refractivity contribution in [3.05, 3.63) is 87.4 Å². The maximum Gasteiger partial charge on any atom is 0.267 e. The van der Waals surface area contributed by atoms with Crippen LogP contribution in [-0.2, 0) is 6.54 Å². The van der Waals surface area contributed by atoms with E-state index in [2.05, 4.69) is 5.10 Å². The third-order valence-corrected chi connectivity index (χ3v) is 3.50. The molecule has 0 spiro atoms. The standard InChI is InChI=1S/C17H12ClFN2O/c18-14-5-3-13(4-6-14)16-9-10-17(22)21(20-16)11-12-1-7-15(19)8-2-12/h1-10H,11H2. The monoisotopic (exact) mass is 314 g/mol. The lowest BCUT2D eigenvalue weighted by Gasteiger charge is -2.07. The van der Waals surface area contributed by atoms with Gasteiger partial charge in [0.15, 0.2) is 0 Å². The van der Waals surface area contributed by atoms with Gasteiger partial charge in [-0.15, -0.1) is 0 Å². The van der Waals surface area contributed by atoms with Crippen molar-refractivity contribution in [3.8, 4) is 11.3 Å². The molecule has 5 heteroatoms. The molecule has 22 heavy (non-hydrogen) atoms. The van der Waals surface area contributed by atoms with Crippen LogP contribution in [0.25, 0.3) is 11.3 Å². The minimum atomic E-state index is -0.307. The highest BCUT2D eigenvalue weighted by Crippen LogP contribution is 2.18. The van der Waals surface area contributed by atoms with Crippen molar-refractivity contribution in [2.75, 3.05) is 0 Å². The Morgan fingerprint density at radius 3 is 2.32 bits per heavy atom. The summed E-state index contributed by atoms with van der Waals surface area (Å²) in [4.78, 5) is 11.9. The van der Waals surface area contributed by atoms with Crippen molar-refractivity contribution in [1.82, 2.24) is 9.78 Å². The summed E-state index contributed by atoms with van der Waals surface area (Å²) in [5, 5.41) is 5.00. The van der Waals surface area contributed by atoms with Crippen LogP contribution in [0.4, 0.5) is 4.39 Å². The van der Waals surface area contributed by atoms with E-state index < -0.39 is 0 Å². The lowest BCUT2D eigenvalue weighted by atomic mass is 10.1. The second kappa shape index (κ2) is 6.12. The highest BCUT2D eigenvalue weighted by molar-refractivity contribution is 6.30. The first-order valence-electron chi connectivity index (χ1n) is 6.70. The van der Waals surface area contributed by atoms with Crippen LogP contribution in [0.1, 0.15) is 5.56 Å². The molecule has 3 nitrogen and oxygen atoms in total. The van der Waals surface area contributed by atoms with Crippen molar-refractivity contribution in [2.45, 2.75) is 6.54 Å². The maximum atomic E-state index is 12.9. The number of nitrogens with zero attached hydrogens (tertiary/aromatic N) is 2. The van der Waals surface area contributed by atoms with Gasteiger partial charge in [0.05, 0.1) is 12.2 Å². The molecule has 2 aromatic carbocycles. The first-order valence-corrected chi connectivity index (χ1v) is 7.08. The number of rotatable bonds is 3. The summed E-state index contributed by atoms with van der Waals surface area (Å²) < 4.78 is 14.3. The summed E-state index contributed by atoms with van der Waals surface area (Å²) in [6.45, 7) is 0.292. The van der Waals surface area contributed by atoms with Crippen LogP contribution in [0.5, 0.6) is 0 Å². The molecule has 110 valence electrons. The molecule has 1 aromatic heterocycles. The van der Waals surface area contributed by atoms with Crippen molar-refractivity contribution in [3.63, 3.8) is 0 Å². The molecule has 0 aliphatic carbocycles. The van der Waals surface area contributed by atoms with E-state index in [1.165, 1.54) is 22.9 Å². The fourth-order valence-corrected chi connectivity index (χ4v) is 2.23. The molecule has 0 aliphatic heterocycles. The Hall–Kier alpha value is -2.46. The Labute approximate surface area is 131 Å². The molecule has 0 saturated carbocycles. The van der Waals surface area contributed by atoms with Crippen LogP contribution in [0.3, 0.4) is 0 Å². The fraction of sp³-hybridized carbons (Fsp3) is 0.0588. The van der Waals surface area contributed by atoms with Crippen molar-refractivity contribution in [2.24, 2.45) is 0 Å². The van der Waals surface area contributed by atoms with Crippen molar-refractivity contribution in [1.29, 1.82) is 0 Å². The minimum absolute atomic E-state index is 0.206. The SMILES string of the molecule is O=c1ccc(-c2ccc(Cl)cc2)nn1Cc1ccc(F)cc1. The average molecular weight is 315 g/mol. The zero-order valence-electron chi connectivity index (χ0n) is 11.5. The summed E-state index contributed by atoms with van der Waals surface area (Å²) >= 11 is 5.87. The molecule has 0 unspecified atom stereocenters. The lowest BCUT2D eigenvalue weighted by molar-refractivity contribution is 0.620. The van der Waals surface area contributed by atoms with E-state index >= 15 is 0 Å². The highest BCUT2D eigenvalue weighted by atomic mass is 35.5. The zero-order valence-corrected chi connectivity index (χ0v) is 12.3. The normalized spacial score (nSPS) is 10.6. The summed E-state index contributed by atoms with van der Waals surface area (Å²) in [5.41, 5.74) is 2.15. The smallest absolute Gasteiger partial charge is 0.267 e. The lowest BCUT2D eigenvalue weighted by Crippen LogP contribution is -2.22. The van der Waals surface area contributed by atoms with Crippen LogP contribution in [0, 0.1) is 5.82 Å². The van der Waals surface area contributed by atoms with Gasteiger partial charge in [-0.1, -0.05) is 35.9 Å². The van der Waals surface area contributed by atoms with E-state index in [0.29, 0.717) is 17.3 Å². The third-order valence-electron chi connectivity index (χ3n) is 3.25. The van der Waals surface area contributed by atoms with E-state index in [9.17, 15) is 9.18 Å². The van der Waals surface area contributed by atoms with Crippen LogP contribution >= 0.6 is 11.6 Å². The largest absolute Gasteiger partial charge is 0.268 e. The molecule has 0 amide bonds. The van der Waals surface area contributed by atoms with Crippen molar-refractivity contribution >= 4 is 11.6 Å².